The van der Waals surface area contributed by atoms with Crippen LogP contribution in [0.15, 0.2) is 109 Å². The van der Waals surface area contributed by atoms with Crippen LogP contribution < -0.4 is 24.8 Å². The summed E-state index contributed by atoms with van der Waals surface area (Å²) in [4.78, 5) is 0. The van der Waals surface area contributed by atoms with Crippen LogP contribution in [0, 0.1) is 22.7 Å². The number of hydrogen-bond donors (Lipinski definition) is 0. The Labute approximate surface area is 378 Å². The van der Waals surface area contributed by atoms with E-state index in [1.165, 1.54) is 132 Å². The van der Waals surface area contributed by atoms with E-state index in [9.17, 15) is 0 Å². The Hall–Kier alpha value is -2.22. The van der Waals surface area contributed by atoms with Crippen molar-refractivity contribution in [2.75, 3.05) is 0 Å². The molecule has 6 aromatic rings. The van der Waals surface area contributed by atoms with Crippen molar-refractivity contribution < 1.29 is 48.1 Å². The average Bonchev–Trinajstić information content (AvgIpc) is 4.05. The molecule has 4 fully saturated rings. The summed E-state index contributed by atoms with van der Waals surface area (Å²) in [5.41, 5.74) is 12.9. The van der Waals surface area contributed by atoms with Gasteiger partial charge in [-0.25, -0.2) is 0 Å². The van der Waals surface area contributed by atoms with E-state index in [-0.39, 0.29) is 30.2 Å². The summed E-state index contributed by atoms with van der Waals surface area (Å²) in [5, 5.41) is 5.69. The molecule has 0 spiro atoms. The van der Waals surface area contributed by atoms with Crippen molar-refractivity contribution in [2.24, 2.45) is 22.7 Å². The Bertz CT molecular complexity index is 2110. The molecule has 0 radical (unpaired) electrons. The normalized spacial score (nSPS) is 22.7. The molecule has 4 heteroatoms. The third-order valence-corrected chi connectivity index (χ3v) is 14.3. The molecule has 304 valence electrons. The smallest absolute Gasteiger partial charge is 1.00 e. The van der Waals surface area contributed by atoms with Crippen molar-refractivity contribution in [2.45, 2.75) is 130 Å². The van der Waals surface area contributed by atoms with Gasteiger partial charge in [0.15, 0.2) is 0 Å². The van der Waals surface area contributed by atoms with Crippen LogP contribution >= 0.6 is 0 Å². The van der Waals surface area contributed by atoms with Gasteiger partial charge >= 0.3 is 41.9 Å². The topological polar surface area (TPSA) is 0 Å². The fraction of sp³-hybridized carbons (Fsp3) is 0.444. The maximum absolute atomic E-state index is 2.49. The van der Waals surface area contributed by atoms with E-state index in [2.05, 4.69) is 150 Å². The molecule has 4 aliphatic rings. The van der Waals surface area contributed by atoms with Gasteiger partial charge in [0.25, 0.3) is 0 Å². The van der Waals surface area contributed by atoms with Crippen molar-refractivity contribution in [3.05, 3.63) is 131 Å². The van der Waals surface area contributed by atoms with Crippen LogP contribution in [0.4, 0.5) is 0 Å². The zero-order valence-electron chi connectivity index (χ0n) is 35.9. The summed E-state index contributed by atoms with van der Waals surface area (Å²) in [6.45, 7) is 13.7. The molecule has 0 aromatic heterocycles. The molecule has 4 aliphatic carbocycles. The maximum Gasteiger partial charge on any atom is -1.00 e. The van der Waals surface area contributed by atoms with Crippen LogP contribution in [-0.2, 0) is 36.2 Å². The van der Waals surface area contributed by atoms with Crippen LogP contribution in [0.2, 0.25) is 13.1 Å². The van der Waals surface area contributed by atoms with Gasteiger partial charge in [0.1, 0.15) is 0 Å². The number of benzene rings is 4. The Kier molecular flexibility index (Phi) is 15.0. The Morgan fingerprint density at radius 2 is 0.914 bits per heavy atom. The summed E-state index contributed by atoms with van der Waals surface area (Å²) < 4.78 is 0. The number of fused-ring (bicyclic) bond motifs is 6. The van der Waals surface area contributed by atoms with E-state index >= 15 is 0 Å². The van der Waals surface area contributed by atoms with Crippen molar-refractivity contribution >= 4 is 27.0 Å². The van der Waals surface area contributed by atoms with Crippen LogP contribution in [-0.4, -0.2) is 5.43 Å². The minimum Gasteiger partial charge on any atom is -1.00 e. The van der Waals surface area contributed by atoms with Gasteiger partial charge in [-0.05, 0) is 134 Å². The van der Waals surface area contributed by atoms with Crippen molar-refractivity contribution in [3.63, 3.8) is 0 Å². The fourth-order valence-electron chi connectivity index (χ4n) is 11.4. The van der Waals surface area contributed by atoms with E-state index < -0.39 is 0 Å². The molecule has 0 amide bonds. The molecule has 58 heavy (non-hydrogen) atoms. The van der Waals surface area contributed by atoms with Gasteiger partial charge in [-0.2, -0.15) is 12.1 Å². The molecule has 0 unspecified atom stereocenters. The summed E-state index contributed by atoms with van der Waals surface area (Å²) in [5.74, 6) is 3.25. The van der Waals surface area contributed by atoms with E-state index in [0.29, 0.717) is 22.7 Å². The van der Waals surface area contributed by atoms with Gasteiger partial charge in [-0.1, -0.05) is 99.5 Å². The fourth-order valence-corrected chi connectivity index (χ4v) is 11.4. The third-order valence-electron chi connectivity index (χ3n) is 14.3. The summed E-state index contributed by atoms with van der Waals surface area (Å²) in [6, 6.07) is 41.8. The van der Waals surface area contributed by atoms with Gasteiger partial charge in [0.2, 0.25) is 0 Å². The first kappa shape index (κ1) is 45.3. The molecule has 0 nitrogen and oxygen atoms in total. The van der Waals surface area contributed by atoms with E-state index in [1.54, 1.807) is 34.5 Å². The minimum atomic E-state index is 0. The standard InChI is InChI=1S/2C26H29.C2H6Si.2ClH.Zr/c2*1-18(2)21-6-8-22(9-7-21)24-5-3-4-23-14-20(15-25(23)24)17-26-12-10-19(16-26)11-13-26;1-3-2;;;/h2*3-9,14-15,18-19H,10-13,16-17H2,1-2H3;1-2H3;2*1H;/q2*-1;;;;+2/p-2. The first-order chi connectivity index (χ1) is 27.0. The second kappa shape index (κ2) is 19.2. The van der Waals surface area contributed by atoms with Crippen molar-refractivity contribution in [3.8, 4) is 22.3 Å². The molecule has 4 bridgehead atoms. The molecular formula is C54H64Cl2SiZr-2. The largest absolute Gasteiger partial charge is 1.00 e. The predicted molar refractivity (Wildman–Crippen MR) is 241 cm³/mol. The molecule has 0 N–H and O–H groups in total. The zero-order valence-corrected chi connectivity index (χ0v) is 40.9. The summed E-state index contributed by atoms with van der Waals surface area (Å²) >= 11 is 1.74. The van der Waals surface area contributed by atoms with Gasteiger partial charge in [-0.15, -0.1) is 69.1 Å². The summed E-state index contributed by atoms with van der Waals surface area (Å²) in [6.07, 6.45) is 17.3. The number of hydrogen-bond acceptors (Lipinski definition) is 0. The third kappa shape index (κ3) is 10.1. The Morgan fingerprint density at radius 1 is 0.569 bits per heavy atom. The second-order valence-electron chi connectivity index (χ2n) is 19.5. The first-order valence-corrected chi connectivity index (χ1v) is 28.2. The quantitative estimate of drug-likeness (QED) is 0.106. The SMILES string of the molecule is CC(C)c1ccc(-c2cccc3[cH-]c(CC45CCC(CC4)C5)cc23)cc1.CC(C)c1ccc(-c2cccc3[cH-]c(CC45CCC(CC4)C5)cc23)cc1.C[Si](C)=[Zr+2].[Cl-].[Cl-]. The molecule has 0 heterocycles. The van der Waals surface area contributed by atoms with Crippen LogP contribution in [0.25, 0.3) is 43.8 Å². The molecule has 10 rings (SSSR count). The monoisotopic (exact) mass is 900 g/mol. The zero-order chi connectivity index (χ0) is 39.0. The molecule has 4 saturated carbocycles. The Balaban J connectivity index is 0.000000174. The number of rotatable bonds is 8. The first-order valence-electron chi connectivity index (χ1n) is 22.1. The van der Waals surface area contributed by atoms with E-state index in [4.69, 9.17) is 0 Å². The molecule has 0 aliphatic heterocycles. The number of halogens is 2. The molecule has 6 aromatic carbocycles. The van der Waals surface area contributed by atoms with E-state index in [0.717, 1.165) is 11.8 Å². The molecular weight excluding hydrogens is 839 g/mol. The molecule has 0 atom stereocenters. The van der Waals surface area contributed by atoms with Crippen LogP contribution in [0.3, 0.4) is 0 Å². The minimum absolute atomic E-state index is 0. The van der Waals surface area contributed by atoms with Gasteiger partial charge in [0.05, 0.1) is 0 Å². The maximum atomic E-state index is 2.49. The second-order valence-corrected chi connectivity index (χ2v) is 28.9. The Morgan fingerprint density at radius 3 is 1.21 bits per heavy atom. The van der Waals surface area contributed by atoms with Crippen molar-refractivity contribution in [1.29, 1.82) is 0 Å². The average molecular weight is 903 g/mol. The predicted octanol–water partition coefficient (Wildman–Crippen LogP) is 9.74. The van der Waals surface area contributed by atoms with Gasteiger partial charge in [0, 0.05) is 0 Å². The van der Waals surface area contributed by atoms with Gasteiger partial charge in [-0.3, -0.25) is 0 Å². The van der Waals surface area contributed by atoms with Crippen molar-refractivity contribution in [1.82, 2.24) is 0 Å². The van der Waals surface area contributed by atoms with Crippen LogP contribution in [0.5, 0.6) is 0 Å². The van der Waals surface area contributed by atoms with E-state index in [1.807, 2.05) is 0 Å². The summed E-state index contributed by atoms with van der Waals surface area (Å²) in [7, 11) is 0. The molecule has 0 saturated heterocycles. The van der Waals surface area contributed by atoms with Crippen LogP contribution in [0.1, 0.15) is 126 Å². The van der Waals surface area contributed by atoms with Gasteiger partial charge < -0.3 is 24.8 Å².